The number of unbranched alkanes of at least 4 members (excludes halogenated alkanes) is 13. The van der Waals surface area contributed by atoms with Crippen LogP contribution in [-0.4, -0.2) is 0 Å². The number of rotatable bonds is 14. The quantitative estimate of drug-likeness (QED) is 0.290. The minimum atomic E-state index is 1.22. The van der Waals surface area contributed by atoms with Crippen molar-refractivity contribution in [1.82, 2.24) is 0 Å². The van der Waals surface area contributed by atoms with Crippen molar-refractivity contribution in [3.63, 3.8) is 0 Å². The molecule has 0 aromatic carbocycles. The van der Waals surface area contributed by atoms with Crippen molar-refractivity contribution in [3.8, 4) is 0 Å². The Morgan fingerprint density at radius 1 is 0.684 bits per heavy atom. The Morgan fingerprint density at radius 3 is 1.42 bits per heavy atom. The van der Waals surface area contributed by atoms with Crippen molar-refractivity contribution < 1.29 is 0 Å². The second-order valence-electron chi connectivity index (χ2n) is 6.08. The second kappa shape index (κ2) is 15.8. The molecule has 1 radical (unpaired) electrons. The van der Waals surface area contributed by atoms with Gasteiger partial charge in [-0.25, -0.2) is 0 Å². The number of hydrogen-bond donors (Lipinski definition) is 0. The number of hydrogen-bond acceptors (Lipinski definition) is 0. The fourth-order valence-corrected chi connectivity index (χ4v) is 2.51. The Labute approximate surface area is 123 Å². The van der Waals surface area contributed by atoms with Crippen LogP contribution >= 0.6 is 0 Å². The molecule has 0 nitrogen and oxygen atoms in total. The van der Waals surface area contributed by atoms with E-state index in [0.29, 0.717) is 0 Å². The van der Waals surface area contributed by atoms with Gasteiger partial charge in [0.25, 0.3) is 0 Å². The smallest absolute Gasteiger partial charge is 0.0286 e. The average Bonchev–Trinajstić information content (AvgIpc) is 2.39. The van der Waals surface area contributed by atoms with Crippen LogP contribution in [0.15, 0.2) is 11.6 Å². The molecule has 0 bridgehead atoms. The summed E-state index contributed by atoms with van der Waals surface area (Å²) in [5.41, 5.74) is 1.22. The standard InChI is InChI=1S/C19H37/c1-4-5-6-7-8-9-10-11-12-13-14-15-16-17-18-19(2)3/h18H,2,4-17H2,1,3H3. The van der Waals surface area contributed by atoms with Crippen LogP contribution in [0, 0.1) is 6.92 Å². The van der Waals surface area contributed by atoms with Gasteiger partial charge in [-0.05, 0) is 26.7 Å². The summed E-state index contributed by atoms with van der Waals surface area (Å²) < 4.78 is 0. The van der Waals surface area contributed by atoms with Crippen LogP contribution < -0.4 is 0 Å². The van der Waals surface area contributed by atoms with E-state index in [4.69, 9.17) is 0 Å². The zero-order valence-corrected chi connectivity index (χ0v) is 13.7. The highest BCUT2D eigenvalue weighted by Gasteiger charge is 1.93. The van der Waals surface area contributed by atoms with Crippen LogP contribution in [0.5, 0.6) is 0 Å². The summed E-state index contributed by atoms with van der Waals surface area (Å²) in [4.78, 5) is 0. The summed E-state index contributed by atoms with van der Waals surface area (Å²) >= 11 is 0. The summed E-state index contributed by atoms with van der Waals surface area (Å²) in [6, 6.07) is 0. The zero-order chi connectivity index (χ0) is 14.2. The van der Waals surface area contributed by atoms with Gasteiger partial charge in [-0.15, -0.1) is 0 Å². The van der Waals surface area contributed by atoms with Crippen LogP contribution in [0.1, 0.15) is 104 Å². The van der Waals surface area contributed by atoms with Crippen molar-refractivity contribution in [2.75, 3.05) is 0 Å². The molecule has 0 fully saturated rings. The van der Waals surface area contributed by atoms with Gasteiger partial charge >= 0.3 is 0 Å². The van der Waals surface area contributed by atoms with E-state index in [1.165, 1.54) is 95.5 Å². The van der Waals surface area contributed by atoms with E-state index >= 15 is 0 Å². The molecule has 0 rings (SSSR count). The minimum Gasteiger partial charge on any atom is -0.0856 e. The van der Waals surface area contributed by atoms with Crippen molar-refractivity contribution in [2.24, 2.45) is 0 Å². The summed E-state index contributed by atoms with van der Waals surface area (Å²) in [5, 5.41) is 0. The largest absolute Gasteiger partial charge is 0.0856 e. The van der Waals surface area contributed by atoms with Gasteiger partial charge in [0, 0.05) is 0 Å². The highest BCUT2D eigenvalue weighted by atomic mass is 14.0. The van der Waals surface area contributed by atoms with Crippen molar-refractivity contribution in [2.45, 2.75) is 104 Å². The van der Waals surface area contributed by atoms with Gasteiger partial charge < -0.3 is 0 Å². The lowest BCUT2D eigenvalue weighted by molar-refractivity contribution is 0.540. The van der Waals surface area contributed by atoms with E-state index in [2.05, 4.69) is 26.8 Å². The normalized spacial score (nSPS) is 12.1. The molecule has 0 saturated heterocycles. The Bertz CT molecular complexity index is 186. The van der Waals surface area contributed by atoms with Crippen LogP contribution in [0.2, 0.25) is 0 Å². The van der Waals surface area contributed by atoms with E-state index in [9.17, 15) is 0 Å². The van der Waals surface area contributed by atoms with Crippen molar-refractivity contribution in [3.05, 3.63) is 18.6 Å². The molecule has 0 amide bonds. The van der Waals surface area contributed by atoms with Crippen LogP contribution in [0.4, 0.5) is 0 Å². The van der Waals surface area contributed by atoms with E-state index in [0.717, 1.165) is 0 Å². The first kappa shape index (κ1) is 18.7. The van der Waals surface area contributed by atoms with Gasteiger partial charge in [-0.1, -0.05) is 95.6 Å². The molecule has 0 heteroatoms. The molecule has 0 heterocycles. The third kappa shape index (κ3) is 17.7. The fraction of sp³-hybridized carbons (Fsp3) is 0.842. The van der Waals surface area contributed by atoms with Gasteiger partial charge in [0.1, 0.15) is 0 Å². The molecule has 0 atom stereocenters. The van der Waals surface area contributed by atoms with E-state index in [-0.39, 0.29) is 0 Å². The highest BCUT2D eigenvalue weighted by molar-refractivity contribution is 5.00. The minimum absolute atomic E-state index is 1.22. The van der Waals surface area contributed by atoms with Crippen molar-refractivity contribution in [1.29, 1.82) is 0 Å². The summed E-state index contributed by atoms with van der Waals surface area (Å²) in [5.74, 6) is 0. The van der Waals surface area contributed by atoms with E-state index in [1.807, 2.05) is 0 Å². The molecule has 113 valence electrons. The maximum Gasteiger partial charge on any atom is -0.0286 e. The SMILES string of the molecule is [CH2]C(C)=CCCCCCCCCCCCCCCC. The molecule has 0 spiro atoms. The molecule has 0 N–H and O–H groups in total. The Balaban J connectivity index is 2.97. The Morgan fingerprint density at radius 2 is 1.05 bits per heavy atom. The fourth-order valence-electron chi connectivity index (χ4n) is 2.51. The first-order valence-electron chi connectivity index (χ1n) is 8.76. The molecule has 0 unspecified atom stereocenters. The molecular formula is C19H37. The van der Waals surface area contributed by atoms with Gasteiger partial charge in [-0.3, -0.25) is 0 Å². The molecule has 0 saturated carbocycles. The summed E-state index contributed by atoms with van der Waals surface area (Å²) in [7, 11) is 0. The summed E-state index contributed by atoms with van der Waals surface area (Å²) in [6.07, 6.45) is 22.2. The van der Waals surface area contributed by atoms with Gasteiger partial charge in [0.2, 0.25) is 0 Å². The predicted octanol–water partition coefficient (Wildman–Crippen LogP) is 7.25. The van der Waals surface area contributed by atoms with E-state index in [1.54, 1.807) is 0 Å². The van der Waals surface area contributed by atoms with Crippen LogP contribution in [0.25, 0.3) is 0 Å². The molecule has 0 aliphatic carbocycles. The number of allylic oxidation sites excluding steroid dienone is 2. The second-order valence-corrected chi connectivity index (χ2v) is 6.08. The van der Waals surface area contributed by atoms with Crippen LogP contribution in [-0.2, 0) is 0 Å². The Hall–Kier alpha value is -0.260. The Kier molecular flexibility index (Phi) is 15.6. The van der Waals surface area contributed by atoms with Gasteiger partial charge in [0.05, 0.1) is 0 Å². The molecular weight excluding hydrogens is 228 g/mol. The first-order chi connectivity index (χ1) is 9.27. The lowest BCUT2D eigenvalue weighted by atomic mass is 10.0. The molecule has 19 heavy (non-hydrogen) atoms. The monoisotopic (exact) mass is 265 g/mol. The first-order valence-corrected chi connectivity index (χ1v) is 8.76. The molecule has 0 aliphatic rings. The van der Waals surface area contributed by atoms with Gasteiger partial charge in [0.15, 0.2) is 0 Å². The predicted molar refractivity (Wildman–Crippen MR) is 89.4 cm³/mol. The average molecular weight is 266 g/mol. The van der Waals surface area contributed by atoms with Gasteiger partial charge in [-0.2, -0.15) is 0 Å². The molecule has 0 aliphatic heterocycles. The summed E-state index contributed by atoms with van der Waals surface area (Å²) in [6.45, 7) is 8.27. The van der Waals surface area contributed by atoms with E-state index < -0.39 is 0 Å². The third-order valence-corrected chi connectivity index (χ3v) is 3.80. The third-order valence-electron chi connectivity index (χ3n) is 3.80. The van der Waals surface area contributed by atoms with Crippen LogP contribution in [0.3, 0.4) is 0 Å². The molecule has 0 aromatic rings. The maximum absolute atomic E-state index is 3.90. The zero-order valence-electron chi connectivity index (χ0n) is 13.7. The molecule has 0 aromatic heterocycles. The maximum atomic E-state index is 3.90. The lowest BCUT2D eigenvalue weighted by Crippen LogP contribution is -1.82. The highest BCUT2D eigenvalue weighted by Crippen LogP contribution is 2.13. The lowest BCUT2D eigenvalue weighted by Gasteiger charge is -2.02. The topological polar surface area (TPSA) is 0 Å². The van der Waals surface area contributed by atoms with Crippen molar-refractivity contribution >= 4 is 0 Å².